The Bertz CT molecular complexity index is 3460. The van der Waals surface area contributed by atoms with Crippen molar-refractivity contribution >= 4 is 291 Å². The van der Waals surface area contributed by atoms with Gasteiger partial charge in [0.15, 0.2) is 23.0 Å². The standard InChI is InChI=1S/C35H24N6O21S4.6Na/c42-29-21(33(46)47)9-17(11-25(29)65(57,58)59)38-40-27-23(63(51,52)53)7-13-5-15(1-3-19(13)31(27)44)36-35(50)37-16-2-4-20-14(6-16)8-24(64(54,55)56)28(32(20)45)41-39-18-10-22(34(48)49)30(43)26(12-18)66(60,61)62;;;;;;/h1-12,42-45H,(H,46,47)(H,48,49)(H2,36,37,50)(H,51,52,53)(H,54,55,56)(H,57,58,59)(H,60,61,62);;;;;;. The summed E-state index contributed by atoms with van der Waals surface area (Å²) < 4.78 is 135. The second kappa shape index (κ2) is 26.9. The Hall–Kier alpha value is -1.91. The summed E-state index contributed by atoms with van der Waals surface area (Å²) in [6.45, 7) is 0. The molecule has 6 aromatic carbocycles. The molecule has 0 fully saturated rings. The number of rotatable bonds is 12. The molecule has 2 amide bonds. The summed E-state index contributed by atoms with van der Waals surface area (Å²) in [5.41, 5.74) is -5.59. The minimum atomic E-state index is -5.27. The number of anilines is 2. The maximum atomic E-state index is 13.1. The number of hydrogen-bond acceptors (Lipinski definition) is 19. The van der Waals surface area contributed by atoms with E-state index < -0.39 is 135 Å². The number of carbonyl (C=O) groups excluding carboxylic acids is 1. The number of carboxylic acids is 2. The van der Waals surface area contributed by atoms with Crippen LogP contribution in [0.4, 0.5) is 38.9 Å². The van der Waals surface area contributed by atoms with Gasteiger partial charge in [0.2, 0.25) is 0 Å². The summed E-state index contributed by atoms with van der Waals surface area (Å²) in [5.74, 6) is -8.39. The monoisotopic (exact) mass is 1130 g/mol. The van der Waals surface area contributed by atoms with Gasteiger partial charge in [0, 0.05) is 199 Å². The Morgan fingerprint density at radius 3 is 0.986 bits per heavy atom. The molecule has 0 heterocycles. The van der Waals surface area contributed by atoms with Gasteiger partial charge >= 0.3 is 18.0 Å². The van der Waals surface area contributed by atoms with E-state index in [2.05, 4.69) is 31.1 Å². The van der Waals surface area contributed by atoms with Crippen molar-refractivity contribution in [1.29, 1.82) is 0 Å². The Kier molecular flexibility index (Phi) is 26.2. The van der Waals surface area contributed by atoms with Gasteiger partial charge in [-0.3, -0.25) is 18.2 Å². The van der Waals surface area contributed by atoms with Crippen molar-refractivity contribution in [3.8, 4) is 23.0 Å². The zero-order valence-corrected chi connectivity index (χ0v) is 53.1. The first kappa shape index (κ1) is 70.1. The molecule has 0 bridgehead atoms. The van der Waals surface area contributed by atoms with Crippen molar-refractivity contribution in [2.45, 2.75) is 19.6 Å². The number of amides is 2. The summed E-state index contributed by atoms with van der Waals surface area (Å²) in [5, 5.41) is 78.9. The molecule has 0 atom stereocenters. The van der Waals surface area contributed by atoms with Crippen LogP contribution in [0.1, 0.15) is 20.7 Å². The van der Waals surface area contributed by atoms with E-state index in [4.69, 9.17) is 0 Å². The number of nitrogens with one attached hydrogen (secondary N) is 2. The maximum absolute atomic E-state index is 13.1. The number of carbonyl (C=O) groups is 3. The number of phenols is 4. The molecule has 12 N–H and O–H groups in total. The third kappa shape index (κ3) is 16.1. The molecule has 0 saturated carbocycles. The second-order valence-corrected chi connectivity index (χ2v) is 18.7. The molecule has 37 heteroatoms. The first-order valence-corrected chi connectivity index (χ1v) is 22.8. The summed E-state index contributed by atoms with van der Waals surface area (Å²) in [4.78, 5) is 31.4. The van der Waals surface area contributed by atoms with Crippen LogP contribution in [-0.2, 0) is 40.5 Å². The number of aromatic carboxylic acids is 2. The minimum absolute atomic E-state index is 0. The van der Waals surface area contributed by atoms with Crippen molar-refractivity contribution in [3.63, 3.8) is 0 Å². The smallest absolute Gasteiger partial charge is 0.339 e. The average Bonchev–Trinajstić information content (AvgIpc) is 3.18. The molecule has 0 aliphatic heterocycles. The molecule has 0 spiro atoms. The van der Waals surface area contributed by atoms with Crippen molar-refractivity contribution in [2.24, 2.45) is 20.5 Å². The minimum Gasteiger partial charge on any atom is -0.506 e. The van der Waals surface area contributed by atoms with E-state index in [-0.39, 0.29) is 210 Å². The molecule has 0 saturated heterocycles. The first-order chi connectivity index (χ1) is 30.4. The van der Waals surface area contributed by atoms with Crippen LogP contribution in [0.15, 0.2) is 113 Å². The quantitative estimate of drug-likeness (QED) is 0.0474. The zero-order chi connectivity index (χ0) is 49.0. The third-order valence-corrected chi connectivity index (χ3v) is 12.3. The van der Waals surface area contributed by atoms with Gasteiger partial charge in [-0.15, -0.1) is 10.2 Å². The zero-order valence-electron chi connectivity index (χ0n) is 37.8. The van der Waals surface area contributed by atoms with Gasteiger partial charge in [0.05, 0.1) is 11.4 Å². The number of carboxylic acid groups (broad SMARTS) is 2. The van der Waals surface area contributed by atoms with Gasteiger partial charge in [-0.05, 0) is 83.6 Å². The third-order valence-electron chi connectivity index (χ3n) is 8.84. The van der Waals surface area contributed by atoms with E-state index in [0.717, 1.165) is 36.4 Å². The molecule has 0 unspecified atom stereocenters. The van der Waals surface area contributed by atoms with Gasteiger partial charge in [0.1, 0.15) is 42.1 Å². The molecule has 0 aliphatic rings. The Morgan fingerprint density at radius 2 is 0.708 bits per heavy atom. The van der Waals surface area contributed by atoms with E-state index in [1.165, 1.54) is 12.1 Å². The van der Waals surface area contributed by atoms with Crippen molar-refractivity contribution in [2.75, 3.05) is 10.6 Å². The predicted octanol–water partition coefficient (Wildman–Crippen LogP) is 3.39. The molecule has 0 aromatic heterocycles. The van der Waals surface area contributed by atoms with Crippen molar-refractivity contribution in [3.05, 3.63) is 83.9 Å². The summed E-state index contributed by atoms with van der Waals surface area (Å²) >= 11 is 0. The summed E-state index contributed by atoms with van der Waals surface area (Å²) in [6.07, 6.45) is 0. The molecular weight excluding hydrogens is 1110 g/mol. The van der Waals surface area contributed by atoms with Crippen molar-refractivity contribution in [1.82, 2.24) is 0 Å². The van der Waals surface area contributed by atoms with Crippen molar-refractivity contribution < 1.29 is 96.9 Å². The van der Waals surface area contributed by atoms with E-state index in [9.17, 15) is 96.9 Å². The Balaban J connectivity index is 0.00000840. The summed E-state index contributed by atoms with van der Waals surface area (Å²) in [6, 6.07) is 9.51. The summed E-state index contributed by atoms with van der Waals surface area (Å²) in [7, 11) is -21.0. The SMILES string of the molecule is O=C(Nc1ccc2c(O)c(N=Nc3cc(C(=O)O)c(O)c(S(=O)(=O)O)c3)c(S(=O)(=O)O)cc2c1)Nc1ccc2c(O)c(N=Nc3cc(C(=O)O)c(O)c(S(=O)(=O)O)c3)c(S(=O)(=O)O)cc2c1.[Na].[Na].[Na].[Na].[Na].[Na]. The predicted molar refractivity (Wildman–Crippen MR) is 256 cm³/mol. The Morgan fingerprint density at radius 1 is 0.403 bits per heavy atom. The van der Waals surface area contributed by atoms with Crippen LogP contribution in [0.25, 0.3) is 21.5 Å². The van der Waals surface area contributed by atoms with Crippen LogP contribution in [0.3, 0.4) is 0 Å². The molecule has 0 aliphatic carbocycles. The van der Waals surface area contributed by atoms with E-state index in [0.29, 0.717) is 24.3 Å². The molecule has 6 radical (unpaired) electrons. The average molecular weight is 1130 g/mol. The molecular formula is C35H24N6Na6O21S4. The van der Waals surface area contributed by atoms with Gasteiger partial charge in [-0.1, -0.05) is 0 Å². The molecule has 350 valence electrons. The van der Waals surface area contributed by atoms with Crippen LogP contribution >= 0.6 is 0 Å². The van der Waals surface area contributed by atoms with Gasteiger partial charge in [-0.25, -0.2) is 14.4 Å². The maximum Gasteiger partial charge on any atom is 0.339 e. The first-order valence-electron chi connectivity index (χ1n) is 17.1. The second-order valence-electron chi connectivity index (χ2n) is 13.2. The number of benzene rings is 6. The number of urea groups is 1. The normalized spacial score (nSPS) is 11.5. The number of fused-ring (bicyclic) bond motifs is 2. The van der Waals surface area contributed by atoms with Gasteiger partial charge < -0.3 is 41.3 Å². The van der Waals surface area contributed by atoms with Gasteiger partial charge in [0.25, 0.3) is 40.5 Å². The number of hydrogen-bond donors (Lipinski definition) is 12. The number of aromatic hydroxyl groups is 4. The molecule has 27 nitrogen and oxygen atoms in total. The molecule has 6 rings (SSSR count). The van der Waals surface area contributed by atoms with E-state index >= 15 is 0 Å². The topological polar surface area (TPSA) is 464 Å². The number of nitrogens with zero attached hydrogens (tertiary/aromatic N) is 4. The number of azo groups is 2. The largest absolute Gasteiger partial charge is 0.506 e. The van der Waals surface area contributed by atoms with Gasteiger partial charge in [-0.2, -0.15) is 43.9 Å². The van der Waals surface area contributed by atoms with Crippen LogP contribution in [-0.4, -0.2) is 278 Å². The van der Waals surface area contributed by atoms with Crippen LogP contribution in [0.5, 0.6) is 23.0 Å². The fourth-order valence-corrected chi connectivity index (χ4v) is 8.54. The molecule has 72 heavy (non-hydrogen) atoms. The number of phenolic OH excluding ortho intramolecular Hbond substituents is 2. The Labute approximate surface area is 537 Å². The van der Waals surface area contributed by atoms with E-state index in [1.807, 2.05) is 0 Å². The van der Waals surface area contributed by atoms with E-state index in [1.54, 1.807) is 0 Å². The fraction of sp³-hybridized carbons (Fsp3) is 0. The fourth-order valence-electron chi connectivity index (χ4n) is 5.98. The van der Waals surface area contributed by atoms with Crippen LogP contribution < -0.4 is 10.6 Å². The molecule has 6 aromatic rings. The van der Waals surface area contributed by atoms with Crippen LogP contribution in [0, 0.1) is 0 Å². The van der Waals surface area contributed by atoms with Crippen LogP contribution in [0.2, 0.25) is 0 Å².